The van der Waals surface area contributed by atoms with Gasteiger partial charge >= 0.3 is 0 Å². The van der Waals surface area contributed by atoms with Crippen LogP contribution >= 0.6 is 11.6 Å². The molecule has 11 heteroatoms. The number of nitrogens with one attached hydrogen (secondary N) is 3. The zero-order chi connectivity index (χ0) is 26.3. The van der Waals surface area contributed by atoms with Gasteiger partial charge in [-0.15, -0.1) is 0 Å². The van der Waals surface area contributed by atoms with Crippen molar-refractivity contribution in [2.45, 2.75) is 44.2 Å². The molecule has 3 aliphatic rings. The van der Waals surface area contributed by atoms with Crippen molar-refractivity contribution < 1.29 is 29.0 Å². The lowest BCUT2D eigenvalue weighted by Gasteiger charge is -2.29. The number of aliphatic hydroxyl groups is 1. The third kappa shape index (κ3) is 4.80. The summed E-state index contributed by atoms with van der Waals surface area (Å²) < 4.78 is 5.41. The first-order valence-electron chi connectivity index (χ1n) is 12.7. The minimum Gasteiger partial charge on any atom is -0.496 e. The van der Waals surface area contributed by atoms with Crippen LogP contribution in [0.1, 0.15) is 42.6 Å². The zero-order valence-electron chi connectivity index (χ0n) is 20.6. The summed E-state index contributed by atoms with van der Waals surface area (Å²) in [5.41, 5.74) is 0.968. The summed E-state index contributed by atoms with van der Waals surface area (Å²) in [7, 11) is 1.53. The molecule has 1 aliphatic carbocycles. The maximum absolute atomic E-state index is 13.7. The quantitative estimate of drug-likeness (QED) is 0.409. The van der Waals surface area contributed by atoms with E-state index in [9.17, 15) is 24.3 Å². The smallest absolute Gasteiger partial charge is 0.271 e. The molecule has 37 heavy (non-hydrogen) atoms. The molecule has 2 aliphatic heterocycles. The Balaban J connectivity index is 1.40. The van der Waals surface area contributed by atoms with Crippen LogP contribution in [-0.4, -0.2) is 77.4 Å². The highest BCUT2D eigenvalue weighted by Gasteiger charge is 2.50. The number of benzene rings is 1. The van der Waals surface area contributed by atoms with E-state index in [1.807, 2.05) is 0 Å². The number of likely N-dealkylation sites (tertiary alicyclic amines) is 1. The number of halogens is 1. The van der Waals surface area contributed by atoms with Crippen molar-refractivity contribution in [3.05, 3.63) is 28.9 Å². The SMILES string of the molecule is COc1cc(Cl)cc2[nH]c(C(=O)N3CC4CCCC4C3C(=O)NC(CC3CCNC3=O)C(=O)CO)cc12. The number of aromatic nitrogens is 1. The number of amides is 3. The second-order valence-electron chi connectivity index (χ2n) is 10.2. The Morgan fingerprint density at radius 3 is 2.76 bits per heavy atom. The molecular weight excluding hydrogens is 500 g/mol. The number of methoxy groups -OCH3 is 1. The van der Waals surface area contributed by atoms with Crippen molar-refractivity contribution in [3.8, 4) is 5.75 Å². The largest absolute Gasteiger partial charge is 0.496 e. The van der Waals surface area contributed by atoms with Gasteiger partial charge < -0.3 is 30.4 Å². The van der Waals surface area contributed by atoms with Gasteiger partial charge in [0.2, 0.25) is 11.8 Å². The lowest BCUT2D eigenvalue weighted by atomic mass is 9.92. The van der Waals surface area contributed by atoms with E-state index in [4.69, 9.17) is 16.3 Å². The minimum atomic E-state index is -0.997. The van der Waals surface area contributed by atoms with Crippen molar-refractivity contribution in [1.29, 1.82) is 0 Å². The van der Waals surface area contributed by atoms with Crippen LogP contribution in [0.3, 0.4) is 0 Å². The predicted molar refractivity (Wildman–Crippen MR) is 135 cm³/mol. The number of rotatable bonds is 8. The van der Waals surface area contributed by atoms with Crippen molar-refractivity contribution in [1.82, 2.24) is 20.5 Å². The second kappa shape index (κ2) is 10.3. The van der Waals surface area contributed by atoms with Crippen LogP contribution in [0.2, 0.25) is 5.02 Å². The Bertz CT molecular complexity index is 1250. The van der Waals surface area contributed by atoms with Gasteiger partial charge in [-0.1, -0.05) is 18.0 Å². The molecule has 5 atom stereocenters. The second-order valence-corrected chi connectivity index (χ2v) is 10.6. The maximum Gasteiger partial charge on any atom is 0.271 e. The van der Waals surface area contributed by atoms with E-state index < -0.39 is 36.3 Å². The fourth-order valence-corrected chi connectivity index (χ4v) is 6.46. The number of aromatic amines is 1. The van der Waals surface area contributed by atoms with Crippen LogP contribution in [0, 0.1) is 17.8 Å². The summed E-state index contributed by atoms with van der Waals surface area (Å²) in [6.07, 6.45) is 3.40. The molecule has 5 unspecified atom stereocenters. The van der Waals surface area contributed by atoms with Gasteiger partial charge in [-0.3, -0.25) is 19.2 Å². The van der Waals surface area contributed by atoms with Gasteiger partial charge in [-0.2, -0.15) is 0 Å². The first kappa shape index (κ1) is 25.5. The highest BCUT2D eigenvalue weighted by molar-refractivity contribution is 6.31. The molecule has 198 valence electrons. The van der Waals surface area contributed by atoms with Gasteiger partial charge in [0.15, 0.2) is 5.78 Å². The minimum absolute atomic E-state index is 0.0167. The van der Waals surface area contributed by atoms with E-state index in [0.29, 0.717) is 46.9 Å². The van der Waals surface area contributed by atoms with Gasteiger partial charge in [0.25, 0.3) is 5.91 Å². The lowest BCUT2D eigenvalue weighted by Crippen LogP contribution is -2.53. The predicted octanol–water partition coefficient (Wildman–Crippen LogP) is 1.64. The molecule has 2 saturated heterocycles. The highest BCUT2D eigenvalue weighted by Crippen LogP contribution is 2.43. The molecule has 1 aromatic heterocycles. The number of ether oxygens (including phenoxy) is 1. The van der Waals surface area contributed by atoms with E-state index in [1.54, 1.807) is 23.1 Å². The normalized spacial score (nSPS) is 25.7. The molecule has 10 nitrogen and oxygen atoms in total. The number of hydrogen-bond acceptors (Lipinski definition) is 6. The number of fused-ring (bicyclic) bond motifs is 2. The van der Waals surface area contributed by atoms with Gasteiger partial charge in [-0.25, -0.2) is 0 Å². The summed E-state index contributed by atoms with van der Waals surface area (Å²) in [6.45, 7) is 0.225. The molecule has 0 bridgehead atoms. The third-order valence-corrected chi connectivity index (χ3v) is 8.30. The molecule has 1 aromatic carbocycles. The van der Waals surface area contributed by atoms with Crippen LogP contribution in [-0.2, 0) is 14.4 Å². The molecule has 3 fully saturated rings. The summed E-state index contributed by atoms with van der Waals surface area (Å²) in [6, 6.07) is 3.34. The monoisotopic (exact) mass is 530 g/mol. The fourth-order valence-electron chi connectivity index (χ4n) is 6.25. The van der Waals surface area contributed by atoms with E-state index in [1.165, 1.54) is 7.11 Å². The Morgan fingerprint density at radius 1 is 1.24 bits per heavy atom. The summed E-state index contributed by atoms with van der Waals surface area (Å²) >= 11 is 6.19. The highest BCUT2D eigenvalue weighted by atomic mass is 35.5. The number of hydrogen-bond donors (Lipinski definition) is 4. The van der Waals surface area contributed by atoms with Crippen LogP contribution in [0.5, 0.6) is 5.75 Å². The van der Waals surface area contributed by atoms with Crippen molar-refractivity contribution in [2.24, 2.45) is 17.8 Å². The average Bonchev–Trinajstić information content (AvgIpc) is 3.66. The van der Waals surface area contributed by atoms with Crippen LogP contribution in [0.25, 0.3) is 10.9 Å². The first-order valence-corrected chi connectivity index (χ1v) is 13.1. The molecule has 2 aromatic rings. The number of nitrogens with zero attached hydrogens (tertiary/aromatic N) is 1. The first-order chi connectivity index (χ1) is 17.8. The van der Waals surface area contributed by atoms with E-state index in [0.717, 1.165) is 19.3 Å². The van der Waals surface area contributed by atoms with Crippen molar-refractivity contribution >= 4 is 46.0 Å². The van der Waals surface area contributed by atoms with E-state index in [2.05, 4.69) is 15.6 Å². The lowest BCUT2D eigenvalue weighted by molar-refractivity contribution is -0.133. The molecule has 5 rings (SSSR count). The Hall–Kier alpha value is -3.11. The number of aliphatic hydroxyl groups excluding tert-OH is 1. The van der Waals surface area contributed by atoms with Crippen LogP contribution < -0.4 is 15.4 Å². The van der Waals surface area contributed by atoms with Crippen molar-refractivity contribution in [3.63, 3.8) is 0 Å². The fraction of sp³-hybridized carbons (Fsp3) is 0.538. The number of carbonyl (C=O) groups excluding carboxylic acids is 4. The number of carbonyl (C=O) groups is 4. The number of ketones is 1. The standard InChI is InChI=1S/C26H31ClN4O6/c1-37-22-9-15(27)8-18-17(22)10-20(29-18)26(36)31-11-14-3-2-4-16(14)23(31)25(35)30-19(21(33)12-32)7-13-5-6-28-24(13)34/h8-10,13-14,16,19,23,29,32H,2-7,11-12H2,1H3,(H,28,34)(H,30,35). The average molecular weight is 531 g/mol. The maximum atomic E-state index is 13.7. The van der Waals surface area contributed by atoms with Gasteiger partial charge in [0, 0.05) is 29.4 Å². The summed E-state index contributed by atoms with van der Waals surface area (Å²) in [5.74, 6) is -1.15. The summed E-state index contributed by atoms with van der Waals surface area (Å²) in [4.78, 5) is 56.7. The van der Waals surface area contributed by atoms with Gasteiger partial charge in [-0.05, 0) is 55.7 Å². The number of Topliss-reactive ketones (excluding diaryl/α,β-unsaturated/α-hetero) is 1. The molecule has 0 spiro atoms. The topological polar surface area (TPSA) is 141 Å². The molecule has 3 heterocycles. The van der Waals surface area contributed by atoms with Crippen molar-refractivity contribution in [2.75, 3.05) is 26.8 Å². The molecule has 3 amide bonds. The van der Waals surface area contributed by atoms with Gasteiger partial charge in [0.05, 0.1) is 18.7 Å². The molecule has 1 saturated carbocycles. The molecular formula is C26H31ClN4O6. The van der Waals surface area contributed by atoms with Crippen LogP contribution in [0.15, 0.2) is 18.2 Å². The van der Waals surface area contributed by atoms with E-state index >= 15 is 0 Å². The van der Waals surface area contributed by atoms with Gasteiger partial charge in [0.1, 0.15) is 24.1 Å². The Kier molecular flexibility index (Phi) is 7.13. The Morgan fingerprint density at radius 2 is 2.05 bits per heavy atom. The zero-order valence-corrected chi connectivity index (χ0v) is 21.3. The summed E-state index contributed by atoms with van der Waals surface area (Å²) in [5, 5.41) is 16.2. The Labute approximate surface area is 219 Å². The molecule has 4 N–H and O–H groups in total. The van der Waals surface area contributed by atoms with E-state index in [-0.39, 0.29) is 30.1 Å². The van der Waals surface area contributed by atoms with Crippen LogP contribution in [0.4, 0.5) is 0 Å². The number of H-pyrrole nitrogens is 1. The molecule has 0 radical (unpaired) electrons. The third-order valence-electron chi connectivity index (χ3n) is 8.08.